The fraction of sp³-hybridized carbons (Fsp3) is 0.409. The van der Waals surface area contributed by atoms with Gasteiger partial charge in [-0.2, -0.15) is 4.31 Å². The minimum Gasteiger partial charge on any atom is -0.379 e. The second kappa shape index (κ2) is 9.35. The van der Waals surface area contributed by atoms with Crippen molar-refractivity contribution < 1.29 is 17.9 Å². The lowest BCUT2D eigenvalue weighted by atomic mass is 10.2. The van der Waals surface area contributed by atoms with E-state index in [2.05, 4.69) is 9.97 Å². The molecule has 0 bridgehead atoms. The van der Waals surface area contributed by atoms with Gasteiger partial charge in [0.1, 0.15) is 5.82 Å². The van der Waals surface area contributed by atoms with E-state index in [4.69, 9.17) is 4.74 Å². The monoisotopic (exact) mass is 457 g/mol. The third-order valence-electron chi connectivity index (χ3n) is 5.71. The molecule has 1 saturated heterocycles. The predicted molar refractivity (Wildman–Crippen MR) is 119 cm³/mol. The van der Waals surface area contributed by atoms with Crippen LogP contribution >= 0.6 is 0 Å². The Labute approximate surface area is 187 Å². The smallest absolute Gasteiger partial charge is 0.243 e. The summed E-state index contributed by atoms with van der Waals surface area (Å²) >= 11 is 0. The SMILES string of the molecule is CN(Cc1ccncc1)C(=O)CCc1nc2cc(S(=O)(=O)N3CCOCC3)ccc2n1C. The molecule has 1 aliphatic heterocycles. The van der Waals surface area contributed by atoms with Gasteiger partial charge in [-0.15, -0.1) is 0 Å². The van der Waals surface area contributed by atoms with Crippen molar-refractivity contribution in [2.75, 3.05) is 33.4 Å². The first-order valence-electron chi connectivity index (χ1n) is 10.5. The largest absolute Gasteiger partial charge is 0.379 e. The molecule has 10 heteroatoms. The molecule has 4 rings (SSSR count). The number of carbonyl (C=O) groups excluding carboxylic acids is 1. The highest BCUT2D eigenvalue weighted by Crippen LogP contribution is 2.23. The van der Waals surface area contributed by atoms with E-state index < -0.39 is 10.0 Å². The first-order valence-corrected chi connectivity index (χ1v) is 12.0. The maximum atomic E-state index is 12.9. The number of aryl methyl sites for hydroxylation is 2. The fourth-order valence-corrected chi connectivity index (χ4v) is 5.24. The molecule has 2 aromatic heterocycles. The van der Waals surface area contributed by atoms with Gasteiger partial charge in [0.25, 0.3) is 0 Å². The molecular formula is C22H27N5O4S. The molecule has 0 spiro atoms. The lowest BCUT2D eigenvalue weighted by molar-refractivity contribution is -0.130. The minimum absolute atomic E-state index is 0.0180. The van der Waals surface area contributed by atoms with Crippen molar-refractivity contribution in [1.29, 1.82) is 0 Å². The number of pyridine rings is 1. The number of ether oxygens (including phenoxy) is 1. The fourth-order valence-electron chi connectivity index (χ4n) is 3.81. The van der Waals surface area contributed by atoms with Crippen LogP contribution in [0.15, 0.2) is 47.6 Å². The van der Waals surface area contributed by atoms with E-state index >= 15 is 0 Å². The number of hydrogen-bond acceptors (Lipinski definition) is 6. The van der Waals surface area contributed by atoms with E-state index in [1.807, 2.05) is 23.7 Å². The number of morpholine rings is 1. The van der Waals surface area contributed by atoms with Crippen LogP contribution in [0.2, 0.25) is 0 Å². The average Bonchev–Trinajstić information content (AvgIpc) is 3.13. The molecule has 1 amide bonds. The second-order valence-corrected chi connectivity index (χ2v) is 9.80. The number of fused-ring (bicyclic) bond motifs is 1. The summed E-state index contributed by atoms with van der Waals surface area (Å²) in [6.07, 6.45) is 4.20. The number of amides is 1. The maximum absolute atomic E-state index is 12.9. The second-order valence-electron chi connectivity index (χ2n) is 7.86. The highest BCUT2D eigenvalue weighted by atomic mass is 32.2. The van der Waals surface area contributed by atoms with Crippen molar-refractivity contribution in [1.82, 2.24) is 23.7 Å². The molecule has 3 heterocycles. The molecule has 1 aromatic carbocycles. The highest BCUT2D eigenvalue weighted by Gasteiger charge is 2.27. The van der Waals surface area contributed by atoms with Crippen LogP contribution in [-0.2, 0) is 39.6 Å². The number of nitrogens with zero attached hydrogens (tertiary/aromatic N) is 5. The third kappa shape index (κ3) is 4.67. The van der Waals surface area contributed by atoms with Gasteiger partial charge in [0.2, 0.25) is 15.9 Å². The van der Waals surface area contributed by atoms with Crippen LogP contribution in [0, 0.1) is 0 Å². The Hall–Kier alpha value is -2.82. The van der Waals surface area contributed by atoms with E-state index in [1.54, 1.807) is 42.5 Å². The van der Waals surface area contributed by atoms with Gasteiger partial charge in [-0.1, -0.05) is 0 Å². The van der Waals surface area contributed by atoms with Gasteiger partial charge in [-0.05, 0) is 35.9 Å². The Morgan fingerprint density at radius 1 is 1.16 bits per heavy atom. The van der Waals surface area contributed by atoms with Crippen molar-refractivity contribution in [2.45, 2.75) is 24.3 Å². The molecule has 0 radical (unpaired) electrons. The van der Waals surface area contributed by atoms with Crippen LogP contribution in [0.25, 0.3) is 11.0 Å². The van der Waals surface area contributed by atoms with E-state index in [0.717, 1.165) is 16.9 Å². The highest BCUT2D eigenvalue weighted by molar-refractivity contribution is 7.89. The zero-order chi connectivity index (χ0) is 22.7. The Balaban J connectivity index is 1.46. The van der Waals surface area contributed by atoms with E-state index in [-0.39, 0.29) is 10.8 Å². The lowest BCUT2D eigenvalue weighted by Gasteiger charge is -2.26. The number of aromatic nitrogens is 3. The third-order valence-corrected chi connectivity index (χ3v) is 7.60. The summed E-state index contributed by atoms with van der Waals surface area (Å²) in [5.41, 5.74) is 2.46. The topological polar surface area (TPSA) is 97.6 Å². The molecule has 1 aliphatic rings. The van der Waals surface area contributed by atoms with Crippen molar-refractivity contribution in [2.24, 2.45) is 7.05 Å². The van der Waals surface area contributed by atoms with Crippen LogP contribution in [0.5, 0.6) is 0 Å². The molecule has 9 nitrogen and oxygen atoms in total. The average molecular weight is 458 g/mol. The quantitative estimate of drug-likeness (QED) is 0.534. The maximum Gasteiger partial charge on any atom is 0.243 e. The summed E-state index contributed by atoms with van der Waals surface area (Å²) < 4.78 is 34.5. The first-order chi connectivity index (χ1) is 15.4. The molecular weight excluding hydrogens is 430 g/mol. The Morgan fingerprint density at radius 2 is 1.88 bits per heavy atom. The van der Waals surface area contributed by atoms with Crippen LogP contribution in [0.1, 0.15) is 17.8 Å². The molecule has 0 saturated carbocycles. The van der Waals surface area contributed by atoms with Gasteiger partial charge in [-0.25, -0.2) is 13.4 Å². The predicted octanol–water partition coefficient (Wildman–Crippen LogP) is 1.58. The van der Waals surface area contributed by atoms with Crippen molar-refractivity contribution in [3.05, 3.63) is 54.1 Å². The van der Waals surface area contributed by atoms with Crippen molar-refractivity contribution >= 4 is 27.0 Å². The zero-order valence-electron chi connectivity index (χ0n) is 18.3. The van der Waals surface area contributed by atoms with Crippen LogP contribution in [0.3, 0.4) is 0 Å². The zero-order valence-corrected chi connectivity index (χ0v) is 19.1. The van der Waals surface area contributed by atoms with Gasteiger partial charge < -0.3 is 14.2 Å². The Morgan fingerprint density at radius 3 is 2.59 bits per heavy atom. The number of sulfonamides is 1. The van der Waals surface area contributed by atoms with E-state index in [9.17, 15) is 13.2 Å². The Bertz CT molecular complexity index is 1200. The van der Waals surface area contributed by atoms with Crippen LogP contribution in [-0.4, -0.2) is 71.4 Å². The molecule has 0 atom stereocenters. The number of rotatable bonds is 7. The van der Waals surface area contributed by atoms with Crippen molar-refractivity contribution in [3.8, 4) is 0 Å². The summed E-state index contributed by atoms with van der Waals surface area (Å²) in [7, 11) is 0.0742. The molecule has 32 heavy (non-hydrogen) atoms. The number of hydrogen-bond donors (Lipinski definition) is 0. The Kier molecular flexibility index (Phi) is 6.54. The minimum atomic E-state index is -3.58. The number of carbonyl (C=O) groups is 1. The first kappa shape index (κ1) is 22.4. The standard InChI is InChI=1S/C22H27N5O4S/c1-25(16-17-7-9-23-10-8-17)22(28)6-5-21-24-19-15-18(3-4-20(19)26(21)2)32(29,30)27-11-13-31-14-12-27/h3-4,7-10,15H,5-6,11-14,16H2,1-2H3. The van der Waals surface area contributed by atoms with Crippen LogP contribution in [0.4, 0.5) is 0 Å². The molecule has 170 valence electrons. The van der Waals surface area contributed by atoms with Gasteiger partial charge in [0.15, 0.2) is 0 Å². The summed E-state index contributed by atoms with van der Waals surface area (Å²) in [5.74, 6) is 0.760. The van der Waals surface area contributed by atoms with Gasteiger partial charge in [0, 0.05) is 59.0 Å². The summed E-state index contributed by atoms with van der Waals surface area (Å²) in [5, 5.41) is 0. The normalized spacial score (nSPS) is 15.2. The number of imidazole rings is 1. The molecule has 0 unspecified atom stereocenters. The van der Waals surface area contributed by atoms with Gasteiger partial charge >= 0.3 is 0 Å². The number of benzene rings is 1. The summed E-state index contributed by atoms with van der Waals surface area (Å²) in [4.78, 5) is 23.1. The summed E-state index contributed by atoms with van der Waals surface area (Å²) in [6.45, 7) is 2.02. The lowest BCUT2D eigenvalue weighted by Crippen LogP contribution is -2.40. The van der Waals surface area contributed by atoms with Crippen LogP contribution < -0.4 is 0 Å². The molecule has 0 N–H and O–H groups in total. The molecule has 1 fully saturated rings. The molecule has 0 aliphatic carbocycles. The van der Waals surface area contributed by atoms with Gasteiger partial charge in [0.05, 0.1) is 29.1 Å². The molecule has 3 aromatic rings. The van der Waals surface area contributed by atoms with Gasteiger partial charge in [-0.3, -0.25) is 9.78 Å². The van der Waals surface area contributed by atoms with Crippen molar-refractivity contribution in [3.63, 3.8) is 0 Å². The van der Waals surface area contributed by atoms with E-state index in [1.165, 1.54) is 4.31 Å². The summed E-state index contributed by atoms with van der Waals surface area (Å²) in [6, 6.07) is 8.78. The van der Waals surface area contributed by atoms with E-state index in [0.29, 0.717) is 51.2 Å².